The zero-order valence-electron chi connectivity index (χ0n) is 31.5. The van der Waals surface area contributed by atoms with Gasteiger partial charge in [-0.15, -0.1) is 22.7 Å². The van der Waals surface area contributed by atoms with E-state index in [2.05, 4.69) is 49.8 Å². The van der Waals surface area contributed by atoms with Crippen LogP contribution >= 0.6 is 22.7 Å². The second-order valence-corrected chi connectivity index (χ2v) is 17.6. The Morgan fingerprint density at radius 1 is 0.946 bits per heavy atom. The summed E-state index contributed by atoms with van der Waals surface area (Å²) in [6.45, 7) is 5.57. The van der Waals surface area contributed by atoms with Gasteiger partial charge in [-0.2, -0.15) is 0 Å². The molecule has 5 heterocycles. The summed E-state index contributed by atoms with van der Waals surface area (Å²) in [5.74, 6) is -1.07. The average Bonchev–Trinajstić information content (AvgIpc) is 3.96. The summed E-state index contributed by atoms with van der Waals surface area (Å²) in [6.07, 6.45) is 11.3. The van der Waals surface area contributed by atoms with Crippen molar-refractivity contribution < 1.29 is 19.5 Å². The van der Waals surface area contributed by atoms with Gasteiger partial charge in [0.15, 0.2) is 0 Å². The van der Waals surface area contributed by atoms with E-state index in [0.717, 1.165) is 88.2 Å². The Kier molecular flexibility index (Phi) is 9.49. The molecule has 6 aromatic rings. The Labute approximate surface area is 333 Å². The minimum Gasteiger partial charge on any atom is -0.478 e. The van der Waals surface area contributed by atoms with Gasteiger partial charge in [0.2, 0.25) is 5.91 Å². The van der Waals surface area contributed by atoms with Gasteiger partial charge in [-0.1, -0.05) is 44.2 Å². The Hall–Kier alpha value is -5.33. The number of aromatic nitrogens is 3. The summed E-state index contributed by atoms with van der Waals surface area (Å²) in [6, 6.07) is 17.8. The number of hydrogen-bond donors (Lipinski definition) is 4. The Balaban J connectivity index is 1.06. The van der Waals surface area contributed by atoms with Gasteiger partial charge in [-0.25, -0.2) is 14.8 Å². The second-order valence-electron chi connectivity index (χ2n) is 15.4. The molecule has 10 nitrogen and oxygen atoms in total. The molecule has 0 spiro atoms. The number of carboxylic acid groups (broad SMARTS) is 1. The molecular weight excluding hydrogens is 741 g/mol. The van der Waals surface area contributed by atoms with Crippen LogP contribution < -0.4 is 16.0 Å². The molecule has 2 aromatic carbocycles. The molecule has 9 rings (SSSR count). The molecule has 286 valence electrons. The smallest absolute Gasteiger partial charge is 0.328 e. The number of carbonyl (C=O) groups excluding carboxylic acids is 2. The van der Waals surface area contributed by atoms with Crippen LogP contribution in [0.4, 0.5) is 11.4 Å². The van der Waals surface area contributed by atoms with Crippen LogP contribution in [0.1, 0.15) is 95.2 Å². The molecule has 56 heavy (non-hydrogen) atoms. The molecule has 0 bridgehead atoms. The highest BCUT2D eigenvalue weighted by Crippen LogP contribution is 2.50. The number of thiazole rings is 1. The SMILES string of the molecule is Cc1nc(C)c(-c2ccc3c4c(ccc3n2)-c2c(C3CCCCC3)c3sc(C(=O)NC5(C(=O)Nc6ccc(/C=C/C(=O)O)cc6)CCCC5)cc3n2CCN4)s1. The Morgan fingerprint density at radius 3 is 2.46 bits per heavy atom. The van der Waals surface area contributed by atoms with Crippen LogP contribution in [0, 0.1) is 13.8 Å². The fourth-order valence-electron chi connectivity index (χ4n) is 9.09. The van der Waals surface area contributed by atoms with Gasteiger partial charge in [0, 0.05) is 35.8 Å². The Morgan fingerprint density at radius 2 is 1.73 bits per heavy atom. The standard InChI is InChI=1S/C44H44N6O4S2/c1-25-40(55-26(2)46-25)33-18-15-30-32(48-33)17-16-31-38(30)45-22-23-50-34-24-35(56-41(34)37(39(31)50)28-8-4-3-5-9-28)42(53)49-44(20-6-7-21-44)43(54)47-29-13-10-27(11-14-29)12-19-36(51)52/h10-19,24,28,45H,3-9,20-23H2,1-2H3,(H,47,54)(H,49,53)(H,51,52)/b19-12+. The lowest BCUT2D eigenvalue weighted by molar-refractivity contribution is -0.131. The first kappa shape index (κ1) is 36.3. The van der Waals surface area contributed by atoms with Crippen LogP contribution in [0.3, 0.4) is 0 Å². The number of benzene rings is 2. The van der Waals surface area contributed by atoms with Gasteiger partial charge in [0.1, 0.15) is 5.54 Å². The molecule has 3 aliphatic rings. The van der Waals surface area contributed by atoms with Gasteiger partial charge in [0.05, 0.1) is 53.3 Å². The maximum Gasteiger partial charge on any atom is 0.328 e. The van der Waals surface area contributed by atoms with Gasteiger partial charge >= 0.3 is 5.97 Å². The molecule has 0 atom stereocenters. The predicted molar refractivity (Wildman–Crippen MR) is 226 cm³/mol. The van der Waals surface area contributed by atoms with E-state index in [9.17, 15) is 14.4 Å². The van der Waals surface area contributed by atoms with Crippen LogP contribution in [-0.4, -0.2) is 49.5 Å². The molecule has 2 saturated carbocycles. The van der Waals surface area contributed by atoms with Crippen molar-refractivity contribution in [3.8, 4) is 21.8 Å². The van der Waals surface area contributed by atoms with Crippen molar-refractivity contribution in [1.82, 2.24) is 19.9 Å². The lowest BCUT2D eigenvalue weighted by atomic mass is 9.83. The summed E-state index contributed by atoms with van der Waals surface area (Å²) in [5.41, 5.74) is 9.17. The first-order chi connectivity index (χ1) is 27.2. The number of carboxylic acids is 1. The zero-order chi connectivity index (χ0) is 38.6. The molecule has 0 unspecified atom stereocenters. The van der Waals surface area contributed by atoms with Crippen molar-refractivity contribution in [1.29, 1.82) is 0 Å². The fourth-order valence-corrected chi connectivity index (χ4v) is 11.2. The van der Waals surface area contributed by atoms with E-state index >= 15 is 0 Å². The molecule has 4 aromatic heterocycles. The third-order valence-electron chi connectivity index (χ3n) is 11.7. The lowest BCUT2D eigenvalue weighted by Crippen LogP contribution is -2.54. The molecular formula is C44H44N6O4S2. The number of carbonyl (C=O) groups is 3. The predicted octanol–water partition coefficient (Wildman–Crippen LogP) is 9.91. The van der Waals surface area contributed by atoms with Crippen LogP contribution in [0.2, 0.25) is 0 Å². The van der Waals surface area contributed by atoms with Crippen molar-refractivity contribution in [3.63, 3.8) is 0 Å². The van der Waals surface area contributed by atoms with Gasteiger partial charge in [-0.3, -0.25) is 9.59 Å². The van der Waals surface area contributed by atoms with Crippen LogP contribution in [0.5, 0.6) is 0 Å². The number of amides is 2. The molecule has 4 N–H and O–H groups in total. The number of nitrogens with zero attached hydrogens (tertiary/aromatic N) is 3. The van der Waals surface area contributed by atoms with E-state index < -0.39 is 11.5 Å². The molecule has 1 aliphatic heterocycles. The van der Waals surface area contributed by atoms with E-state index in [0.29, 0.717) is 34.9 Å². The van der Waals surface area contributed by atoms with E-state index in [1.807, 2.05) is 19.9 Å². The fraction of sp³-hybridized carbons (Fsp3) is 0.341. The number of hydrogen-bond acceptors (Lipinski definition) is 8. The molecule has 2 aliphatic carbocycles. The third-order valence-corrected chi connectivity index (χ3v) is 14.0. The number of thiophene rings is 1. The first-order valence-corrected chi connectivity index (χ1v) is 21.2. The monoisotopic (exact) mass is 784 g/mol. The van der Waals surface area contributed by atoms with Crippen molar-refractivity contribution in [3.05, 3.63) is 87.4 Å². The quantitative estimate of drug-likeness (QED) is 0.113. The van der Waals surface area contributed by atoms with Gasteiger partial charge < -0.3 is 25.6 Å². The van der Waals surface area contributed by atoms with Crippen LogP contribution in [0.15, 0.2) is 60.7 Å². The maximum absolute atomic E-state index is 14.3. The minimum atomic E-state index is -1.02. The van der Waals surface area contributed by atoms with Crippen molar-refractivity contribution in [2.75, 3.05) is 17.2 Å². The minimum absolute atomic E-state index is 0.215. The van der Waals surface area contributed by atoms with Crippen molar-refractivity contribution in [2.24, 2.45) is 0 Å². The molecule has 0 radical (unpaired) electrons. The summed E-state index contributed by atoms with van der Waals surface area (Å²) in [7, 11) is 0. The Bertz CT molecular complexity index is 2550. The van der Waals surface area contributed by atoms with E-state index in [1.165, 1.54) is 46.9 Å². The summed E-state index contributed by atoms with van der Waals surface area (Å²) >= 11 is 3.24. The maximum atomic E-state index is 14.3. The number of aliphatic carboxylic acids is 1. The lowest BCUT2D eigenvalue weighted by Gasteiger charge is -2.29. The van der Waals surface area contributed by atoms with Crippen molar-refractivity contribution in [2.45, 2.75) is 89.6 Å². The molecule has 2 amide bonds. The first-order valence-electron chi connectivity index (χ1n) is 19.6. The topological polar surface area (TPSA) is 138 Å². The normalized spacial score (nSPS) is 16.8. The highest BCUT2D eigenvalue weighted by atomic mass is 32.1. The number of rotatable bonds is 8. The zero-order valence-corrected chi connectivity index (χ0v) is 33.2. The highest BCUT2D eigenvalue weighted by molar-refractivity contribution is 7.21. The number of fused-ring (bicyclic) bond motifs is 7. The van der Waals surface area contributed by atoms with Gasteiger partial charge in [-0.05, 0) is 105 Å². The number of anilines is 2. The number of aryl methyl sites for hydroxylation is 2. The number of nitrogens with one attached hydrogen (secondary N) is 3. The van der Waals surface area contributed by atoms with Crippen molar-refractivity contribution >= 4 is 79.0 Å². The second kappa shape index (κ2) is 14.6. The summed E-state index contributed by atoms with van der Waals surface area (Å²) in [5, 5.41) is 21.1. The summed E-state index contributed by atoms with van der Waals surface area (Å²) < 4.78 is 3.60. The van der Waals surface area contributed by atoms with E-state index in [-0.39, 0.29) is 11.8 Å². The van der Waals surface area contributed by atoms with E-state index in [4.69, 9.17) is 10.1 Å². The van der Waals surface area contributed by atoms with E-state index in [1.54, 1.807) is 46.9 Å². The van der Waals surface area contributed by atoms with Crippen LogP contribution in [-0.2, 0) is 16.1 Å². The average molecular weight is 785 g/mol. The molecule has 0 saturated heterocycles. The summed E-state index contributed by atoms with van der Waals surface area (Å²) in [4.78, 5) is 50.6. The van der Waals surface area contributed by atoms with Gasteiger partial charge in [0.25, 0.3) is 5.91 Å². The van der Waals surface area contributed by atoms with Crippen LogP contribution in [0.25, 0.3) is 49.0 Å². The molecule has 12 heteroatoms. The highest BCUT2D eigenvalue weighted by Gasteiger charge is 2.43. The number of pyridine rings is 1. The third kappa shape index (κ3) is 6.58. The largest absolute Gasteiger partial charge is 0.478 e. The molecule has 2 fully saturated rings.